The molecule has 1 aliphatic rings. The van der Waals surface area contributed by atoms with Crippen LogP contribution in [0, 0.1) is 27.7 Å². The van der Waals surface area contributed by atoms with Gasteiger partial charge in [-0.15, -0.1) is 0 Å². The Kier molecular flexibility index (Phi) is 3.67. The van der Waals surface area contributed by atoms with E-state index in [9.17, 15) is 9.90 Å². The minimum absolute atomic E-state index is 0.160. The topological polar surface area (TPSA) is 42.2 Å². The summed E-state index contributed by atoms with van der Waals surface area (Å²) in [6.07, 6.45) is 1.86. The van der Waals surface area contributed by atoms with Crippen LogP contribution in [-0.4, -0.2) is 15.6 Å². The van der Waals surface area contributed by atoms with Gasteiger partial charge in [0.25, 0.3) is 0 Å². The van der Waals surface area contributed by atoms with E-state index in [-0.39, 0.29) is 11.8 Å². The first-order valence-electron chi connectivity index (χ1n) is 8.59. The first-order valence-corrected chi connectivity index (χ1v) is 8.59. The zero-order chi connectivity index (χ0) is 18.0. The highest BCUT2D eigenvalue weighted by Gasteiger charge is 2.40. The maximum absolute atomic E-state index is 11.5. The monoisotopic (exact) mass is 325 g/mol. The van der Waals surface area contributed by atoms with Crippen LogP contribution < -0.4 is 0 Å². The molecule has 1 aromatic carbocycles. The van der Waals surface area contributed by atoms with Crippen molar-refractivity contribution in [1.29, 1.82) is 0 Å². The summed E-state index contributed by atoms with van der Waals surface area (Å²) in [7, 11) is 2.08. The predicted octanol–water partition coefficient (Wildman–Crippen LogP) is 4.95. The molecule has 0 saturated carbocycles. The van der Waals surface area contributed by atoms with Crippen LogP contribution in [0.5, 0.6) is 0 Å². The Morgan fingerprint density at radius 2 is 1.75 bits per heavy atom. The molecule has 1 unspecified atom stereocenters. The lowest BCUT2D eigenvalue weighted by Gasteiger charge is -2.35. The number of fused-ring (bicyclic) bond motifs is 3. The molecule has 0 bridgehead atoms. The Hall–Kier alpha value is -2.03. The Labute approximate surface area is 144 Å². The van der Waals surface area contributed by atoms with Crippen LogP contribution in [0.2, 0.25) is 0 Å². The molecule has 0 radical (unpaired) electrons. The normalized spacial score (nSPS) is 20.5. The number of aromatic nitrogens is 1. The highest BCUT2D eigenvalue weighted by atomic mass is 16.4. The third-order valence-corrected chi connectivity index (χ3v) is 6.26. The fraction of sp³-hybridized carbons (Fsp3) is 0.476. The Morgan fingerprint density at radius 1 is 1.17 bits per heavy atom. The third-order valence-electron chi connectivity index (χ3n) is 6.26. The molecule has 2 aromatic rings. The number of aryl methyl sites for hydroxylation is 3. The molecule has 0 amide bonds. The van der Waals surface area contributed by atoms with Gasteiger partial charge >= 0.3 is 5.97 Å². The molecule has 1 heterocycles. The van der Waals surface area contributed by atoms with Crippen LogP contribution in [0.1, 0.15) is 59.7 Å². The largest absolute Gasteiger partial charge is 0.481 e. The summed E-state index contributed by atoms with van der Waals surface area (Å²) in [6.45, 7) is 15.1. The first kappa shape index (κ1) is 16.8. The number of allylic oxidation sites excluding steroid dienone is 1. The lowest BCUT2D eigenvalue weighted by molar-refractivity contribution is -0.138. The van der Waals surface area contributed by atoms with E-state index < -0.39 is 5.97 Å². The average Bonchev–Trinajstić information content (AvgIpc) is 2.81. The average molecular weight is 325 g/mol. The molecule has 3 rings (SSSR count). The fourth-order valence-electron chi connectivity index (χ4n) is 4.64. The van der Waals surface area contributed by atoms with Crippen molar-refractivity contribution in [3.05, 3.63) is 40.1 Å². The minimum atomic E-state index is -0.734. The van der Waals surface area contributed by atoms with Crippen molar-refractivity contribution < 1.29 is 9.90 Å². The third kappa shape index (κ3) is 2.07. The molecule has 3 heteroatoms. The SMILES string of the molecule is C=C1CCC(C)(CC(=O)O)c2c1c1c(C)c(C)c(C)c(C)c1n2C. The van der Waals surface area contributed by atoms with Crippen molar-refractivity contribution in [2.45, 2.75) is 59.3 Å². The van der Waals surface area contributed by atoms with Crippen molar-refractivity contribution in [3.63, 3.8) is 0 Å². The number of rotatable bonds is 2. The minimum Gasteiger partial charge on any atom is -0.481 e. The second kappa shape index (κ2) is 5.23. The summed E-state index contributed by atoms with van der Waals surface area (Å²) in [5, 5.41) is 10.7. The summed E-state index contributed by atoms with van der Waals surface area (Å²) in [6, 6.07) is 0. The second-order valence-corrected chi connectivity index (χ2v) is 7.74. The van der Waals surface area contributed by atoms with Gasteiger partial charge in [-0.3, -0.25) is 4.79 Å². The molecule has 0 saturated heterocycles. The number of carbonyl (C=O) groups is 1. The van der Waals surface area contributed by atoms with E-state index in [4.69, 9.17) is 0 Å². The highest BCUT2D eigenvalue weighted by Crippen LogP contribution is 2.49. The van der Waals surface area contributed by atoms with Gasteiger partial charge in [-0.25, -0.2) is 0 Å². The first-order chi connectivity index (χ1) is 11.1. The highest BCUT2D eigenvalue weighted by molar-refractivity contribution is 6.00. The van der Waals surface area contributed by atoms with Crippen LogP contribution in [-0.2, 0) is 17.3 Å². The Morgan fingerprint density at radius 3 is 2.33 bits per heavy atom. The lowest BCUT2D eigenvalue weighted by Crippen LogP contribution is -2.31. The van der Waals surface area contributed by atoms with Gasteiger partial charge in [0.1, 0.15) is 0 Å². The van der Waals surface area contributed by atoms with E-state index in [2.05, 4.69) is 52.8 Å². The number of hydrogen-bond acceptors (Lipinski definition) is 1. The molecule has 0 fully saturated rings. The van der Waals surface area contributed by atoms with Gasteiger partial charge in [-0.05, 0) is 68.4 Å². The van der Waals surface area contributed by atoms with Gasteiger partial charge in [0.05, 0.1) is 11.9 Å². The molecule has 1 aliphatic carbocycles. The molecule has 0 spiro atoms. The van der Waals surface area contributed by atoms with Crippen molar-refractivity contribution in [1.82, 2.24) is 4.57 Å². The molecule has 1 N–H and O–H groups in total. The van der Waals surface area contributed by atoms with Crippen molar-refractivity contribution >= 4 is 22.4 Å². The van der Waals surface area contributed by atoms with Crippen molar-refractivity contribution in [3.8, 4) is 0 Å². The standard InChI is InChI=1S/C21H27NO2/c1-11-8-9-21(6,10-16(23)24)20-17(11)18-14(4)12(2)13(3)15(5)19(18)22(20)7/h1,8-10H2,2-7H3,(H,23,24). The predicted molar refractivity (Wildman–Crippen MR) is 99.7 cm³/mol. The number of benzene rings is 1. The van der Waals surface area contributed by atoms with E-state index in [1.807, 2.05) is 0 Å². The van der Waals surface area contributed by atoms with Crippen LogP contribution in [0.15, 0.2) is 6.58 Å². The molecular formula is C21H27NO2. The van der Waals surface area contributed by atoms with Gasteiger partial charge < -0.3 is 9.67 Å². The van der Waals surface area contributed by atoms with E-state index in [0.29, 0.717) is 0 Å². The van der Waals surface area contributed by atoms with Crippen LogP contribution in [0.4, 0.5) is 0 Å². The zero-order valence-corrected chi connectivity index (χ0v) is 15.6. The summed E-state index contributed by atoms with van der Waals surface area (Å²) in [4.78, 5) is 11.5. The molecule has 128 valence electrons. The Balaban J connectivity index is 2.51. The maximum Gasteiger partial charge on any atom is 0.304 e. The fourth-order valence-corrected chi connectivity index (χ4v) is 4.64. The van der Waals surface area contributed by atoms with Crippen molar-refractivity contribution in [2.24, 2.45) is 7.05 Å². The van der Waals surface area contributed by atoms with Crippen molar-refractivity contribution in [2.75, 3.05) is 0 Å². The smallest absolute Gasteiger partial charge is 0.304 e. The molecule has 24 heavy (non-hydrogen) atoms. The number of nitrogens with zero attached hydrogens (tertiary/aromatic N) is 1. The number of carboxylic acids is 1. The zero-order valence-electron chi connectivity index (χ0n) is 15.6. The van der Waals surface area contributed by atoms with Gasteiger partial charge in [-0.2, -0.15) is 0 Å². The van der Waals surface area contributed by atoms with Gasteiger partial charge in [0, 0.05) is 29.1 Å². The molecule has 1 aromatic heterocycles. The van der Waals surface area contributed by atoms with E-state index >= 15 is 0 Å². The van der Waals surface area contributed by atoms with E-state index in [1.165, 1.54) is 38.7 Å². The summed E-state index contributed by atoms with van der Waals surface area (Å²) in [5.41, 5.74) is 9.61. The number of carboxylic acid groups (broad SMARTS) is 1. The maximum atomic E-state index is 11.5. The van der Waals surface area contributed by atoms with Gasteiger partial charge in [0.2, 0.25) is 0 Å². The van der Waals surface area contributed by atoms with Crippen LogP contribution >= 0.6 is 0 Å². The molecule has 3 nitrogen and oxygen atoms in total. The Bertz CT molecular complexity index is 901. The number of aliphatic carboxylic acids is 1. The van der Waals surface area contributed by atoms with E-state index in [1.54, 1.807) is 0 Å². The van der Waals surface area contributed by atoms with E-state index in [0.717, 1.165) is 24.1 Å². The molecule has 1 atom stereocenters. The summed E-state index contributed by atoms with van der Waals surface area (Å²) >= 11 is 0. The number of hydrogen-bond donors (Lipinski definition) is 1. The van der Waals surface area contributed by atoms with Gasteiger partial charge in [0.15, 0.2) is 0 Å². The molecular weight excluding hydrogens is 298 g/mol. The summed E-state index contributed by atoms with van der Waals surface area (Å²) < 4.78 is 2.24. The van der Waals surface area contributed by atoms with Crippen LogP contribution in [0.25, 0.3) is 16.5 Å². The molecule has 0 aliphatic heterocycles. The van der Waals surface area contributed by atoms with Gasteiger partial charge in [-0.1, -0.05) is 13.5 Å². The quantitative estimate of drug-likeness (QED) is 0.848. The second-order valence-electron chi connectivity index (χ2n) is 7.74. The summed E-state index contributed by atoms with van der Waals surface area (Å²) in [5.74, 6) is -0.734. The van der Waals surface area contributed by atoms with Crippen LogP contribution in [0.3, 0.4) is 0 Å². The lowest BCUT2D eigenvalue weighted by atomic mass is 9.70.